The molecule has 0 aromatic heterocycles. The summed E-state index contributed by atoms with van der Waals surface area (Å²) in [6.45, 7) is 6.47. The fourth-order valence-electron chi connectivity index (χ4n) is 8.51. The number of esters is 3. The van der Waals surface area contributed by atoms with Crippen LogP contribution in [0.15, 0.2) is 72.9 Å². The summed E-state index contributed by atoms with van der Waals surface area (Å²) in [7, 11) is 0. The molecule has 0 heterocycles. The maximum Gasteiger partial charge on any atom is 0.306 e. The van der Waals surface area contributed by atoms with Crippen molar-refractivity contribution >= 4 is 17.9 Å². The van der Waals surface area contributed by atoms with Gasteiger partial charge in [-0.3, -0.25) is 14.4 Å². The van der Waals surface area contributed by atoms with Gasteiger partial charge >= 0.3 is 17.9 Å². The van der Waals surface area contributed by atoms with E-state index in [0.29, 0.717) is 19.3 Å². The number of ether oxygens (including phenoxy) is 3. The van der Waals surface area contributed by atoms with E-state index in [1.165, 1.54) is 161 Å². The fourth-order valence-corrected chi connectivity index (χ4v) is 8.51. The minimum absolute atomic E-state index is 0.0700. The quantitative estimate of drug-likeness (QED) is 0.0261. The smallest absolute Gasteiger partial charge is 0.306 e. The zero-order valence-electron chi connectivity index (χ0n) is 46.3. The van der Waals surface area contributed by atoms with Crippen LogP contribution in [-0.2, 0) is 28.6 Å². The van der Waals surface area contributed by atoms with E-state index < -0.39 is 6.10 Å². The zero-order valence-corrected chi connectivity index (χ0v) is 46.3. The molecule has 0 saturated carbocycles. The lowest BCUT2D eigenvalue weighted by molar-refractivity contribution is -0.167. The predicted molar refractivity (Wildman–Crippen MR) is 302 cm³/mol. The Kier molecular flexibility index (Phi) is 55.8. The number of carbonyl (C=O) groups is 3. The number of hydrogen-bond donors (Lipinski definition) is 0. The predicted octanol–water partition coefficient (Wildman–Crippen LogP) is 20.2. The van der Waals surface area contributed by atoms with Gasteiger partial charge in [0.25, 0.3) is 0 Å². The van der Waals surface area contributed by atoms with Crippen molar-refractivity contribution in [2.45, 2.75) is 303 Å². The Morgan fingerprint density at radius 1 is 0.300 bits per heavy atom. The number of rotatable bonds is 54. The van der Waals surface area contributed by atoms with Gasteiger partial charge in [0.15, 0.2) is 6.10 Å². The van der Waals surface area contributed by atoms with Gasteiger partial charge in [0.05, 0.1) is 0 Å². The second-order valence-corrected chi connectivity index (χ2v) is 19.9. The molecule has 404 valence electrons. The molecule has 0 aliphatic rings. The highest BCUT2D eigenvalue weighted by Crippen LogP contribution is 2.16. The largest absolute Gasteiger partial charge is 0.462 e. The maximum atomic E-state index is 12.7. The van der Waals surface area contributed by atoms with Crippen molar-refractivity contribution < 1.29 is 28.6 Å². The van der Waals surface area contributed by atoms with E-state index in [-0.39, 0.29) is 31.1 Å². The molecular formula is C64H112O6. The van der Waals surface area contributed by atoms with Gasteiger partial charge in [-0.25, -0.2) is 0 Å². The molecule has 0 bridgehead atoms. The Labute approximate surface area is 433 Å². The van der Waals surface area contributed by atoms with Gasteiger partial charge in [0, 0.05) is 19.3 Å². The maximum absolute atomic E-state index is 12.7. The van der Waals surface area contributed by atoms with Gasteiger partial charge in [-0.1, -0.05) is 280 Å². The van der Waals surface area contributed by atoms with Crippen LogP contribution in [0.5, 0.6) is 0 Å². The first kappa shape index (κ1) is 66.9. The summed E-state index contributed by atoms with van der Waals surface area (Å²) < 4.78 is 16.7. The van der Waals surface area contributed by atoms with Gasteiger partial charge < -0.3 is 14.2 Å². The summed E-state index contributed by atoms with van der Waals surface area (Å²) in [4.78, 5) is 37.8. The lowest BCUT2D eigenvalue weighted by Crippen LogP contribution is -2.30. The third-order valence-corrected chi connectivity index (χ3v) is 13.0. The second-order valence-electron chi connectivity index (χ2n) is 19.9. The minimum Gasteiger partial charge on any atom is -0.462 e. The third kappa shape index (κ3) is 55.8. The van der Waals surface area contributed by atoms with E-state index in [1.54, 1.807) is 0 Å². The molecule has 0 rings (SSSR count). The number of hydrogen-bond acceptors (Lipinski definition) is 6. The van der Waals surface area contributed by atoms with Crippen molar-refractivity contribution in [1.29, 1.82) is 0 Å². The molecule has 0 aliphatic carbocycles. The highest BCUT2D eigenvalue weighted by Gasteiger charge is 2.19. The van der Waals surface area contributed by atoms with Crippen molar-refractivity contribution in [2.24, 2.45) is 0 Å². The normalized spacial score (nSPS) is 12.6. The summed E-state index contributed by atoms with van der Waals surface area (Å²) >= 11 is 0. The van der Waals surface area contributed by atoms with Crippen LogP contribution in [0.1, 0.15) is 297 Å². The van der Waals surface area contributed by atoms with E-state index in [9.17, 15) is 14.4 Å². The van der Waals surface area contributed by atoms with Gasteiger partial charge in [-0.2, -0.15) is 0 Å². The van der Waals surface area contributed by atoms with Crippen LogP contribution in [0.25, 0.3) is 0 Å². The van der Waals surface area contributed by atoms with E-state index in [2.05, 4.69) is 93.7 Å². The van der Waals surface area contributed by atoms with E-state index in [1.807, 2.05) is 0 Å². The van der Waals surface area contributed by atoms with Crippen molar-refractivity contribution in [3.8, 4) is 0 Å². The Morgan fingerprint density at radius 2 is 0.557 bits per heavy atom. The molecule has 6 heteroatoms. The van der Waals surface area contributed by atoms with E-state index in [4.69, 9.17) is 14.2 Å². The van der Waals surface area contributed by atoms with Crippen LogP contribution in [0.2, 0.25) is 0 Å². The highest BCUT2D eigenvalue weighted by molar-refractivity contribution is 5.71. The van der Waals surface area contributed by atoms with Gasteiger partial charge in [0.1, 0.15) is 13.2 Å². The van der Waals surface area contributed by atoms with Crippen molar-refractivity contribution in [3.05, 3.63) is 72.9 Å². The molecule has 0 aliphatic heterocycles. The first-order valence-corrected chi connectivity index (χ1v) is 29.9. The Bertz CT molecular complexity index is 1310. The van der Waals surface area contributed by atoms with Crippen LogP contribution < -0.4 is 0 Å². The summed E-state index contributed by atoms with van der Waals surface area (Å²) in [5.41, 5.74) is 0. The summed E-state index contributed by atoms with van der Waals surface area (Å²) in [6.07, 6.45) is 75.2. The summed E-state index contributed by atoms with van der Waals surface area (Å²) in [5, 5.41) is 0. The molecule has 1 unspecified atom stereocenters. The number of carbonyl (C=O) groups excluding carboxylic acids is 3. The topological polar surface area (TPSA) is 78.9 Å². The first-order valence-electron chi connectivity index (χ1n) is 29.9. The molecule has 6 nitrogen and oxygen atoms in total. The van der Waals surface area contributed by atoms with E-state index in [0.717, 1.165) is 96.3 Å². The lowest BCUT2D eigenvalue weighted by atomic mass is 10.0. The Hall–Kier alpha value is -3.15. The lowest BCUT2D eigenvalue weighted by Gasteiger charge is -2.18. The fraction of sp³-hybridized carbons (Fsp3) is 0.766. The average Bonchev–Trinajstić information content (AvgIpc) is 3.36. The molecule has 0 aromatic carbocycles. The molecular weight excluding hydrogens is 865 g/mol. The van der Waals surface area contributed by atoms with Crippen LogP contribution in [0.4, 0.5) is 0 Å². The molecule has 0 N–H and O–H groups in total. The van der Waals surface area contributed by atoms with Crippen LogP contribution >= 0.6 is 0 Å². The standard InChI is InChI=1S/C64H112O6/c1-4-7-10-13-16-18-20-21-22-23-24-25-26-27-28-29-30-31-32-33-34-35-36-37-38-39-40-41-42-43-45-46-48-51-54-57-63(66)69-60-61(59-68-62(65)56-53-50-15-12-9-6-3)70-64(67)58-55-52-49-47-44-19-17-14-11-8-5-2/h7,10,16,18,21-22,24-25,27-28,30-31,61H,4-6,8-9,11-15,17,19-20,23,26,29,32-60H2,1-3H3/b10-7-,18-16-,22-21-,25-24-,28-27-,31-30-. The molecule has 0 saturated heterocycles. The molecule has 0 spiro atoms. The molecule has 70 heavy (non-hydrogen) atoms. The SMILES string of the molecule is CC/C=C\C/C=C\C/C=C\C/C=C\C/C=C\C/C=C\CCCCCCCCCCCCCCCCCCC(=O)OCC(COC(=O)CCCCCCCC)OC(=O)CCCCCCCCCCCCC. The van der Waals surface area contributed by atoms with Crippen LogP contribution in [-0.4, -0.2) is 37.2 Å². The Morgan fingerprint density at radius 3 is 0.871 bits per heavy atom. The van der Waals surface area contributed by atoms with Crippen LogP contribution in [0, 0.1) is 0 Å². The third-order valence-electron chi connectivity index (χ3n) is 13.0. The second kappa shape index (κ2) is 58.4. The van der Waals surface area contributed by atoms with Crippen molar-refractivity contribution in [3.63, 3.8) is 0 Å². The molecule has 0 radical (unpaired) electrons. The van der Waals surface area contributed by atoms with Gasteiger partial charge in [0.2, 0.25) is 0 Å². The minimum atomic E-state index is -0.766. The Balaban J connectivity index is 3.91. The van der Waals surface area contributed by atoms with Crippen molar-refractivity contribution in [2.75, 3.05) is 13.2 Å². The molecule has 0 amide bonds. The summed E-state index contributed by atoms with van der Waals surface area (Å²) in [5.74, 6) is -0.871. The van der Waals surface area contributed by atoms with Crippen LogP contribution in [0.3, 0.4) is 0 Å². The van der Waals surface area contributed by atoms with Gasteiger partial charge in [-0.05, 0) is 70.6 Å². The van der Waals surface area contributed by atoms with Crippen molar-refractivity contribution in [1.82, 2.24) is 0 Å². The first-order chi connectivity index (χ1) is 34.5. The molecule has 0 fully saturated rings. The molecule has 1 atom stereocenters. The van der Waals surface area contributed by atoms with E-state index >= 15 is 0 Å². The summed E-state index contributed by atoms with van der Waals surface area (Å²) in [6, 6.07) is 0. The average molecular weight is 978 g/mol. The highest BCUT2D eigenvalue weighted by atomic mass is 16.6. The monoisotopic (exact) mass is 977 g/mol. The number of allylic oxidation sites excluding steroid dienone is 12. The number of unbranched alkanes of at least 4 members (excludes halogenated alkanes) is 31. The molecule has 0 aromatic rings. The van der Waals surface area contributed by atoms with Gasteiger partial charge in [-0.15, -0.1) is 0 Å². The zero-order chi connectivity index (χ0) is 50.7.